The van der Waals surface area contributed by atoms with Gasteiger partial charge >= 0.3 is 0 Å². The summed E-state index contributed by atoms with van der Waals surface area (Å²) in [5.74, 6) is -0.183. The zero-order valence-corrected chi connectivity index (χ0v) is 13.4. The predicted molar refractivity (Wildman–Crippen MR) is 79.8 cm³/mol. The summed E-state index contributed by atoms with van der Waals surface area (Å²) in [6.07, 6.45) is 2.09. The molecule has 0 aromatic heterocycles. The van der Waals surface area contributed by atoms with Gasteiger partial charge in [-0.2, -0.15) is 0 Å². The number of Topliss-reactive ketones (excluding diaryl/α,β-unsaturated/α-hetero) is 1. The van der Waals surface area contributed by atoms with Crippen molar-refractivity contribution in [1.29, 1.82) is 0 Å². The highest BCUT2D eigenvalue weighted by Gasteiger charge is 2.16. The molecular weight excluding hydrogens is 298 g/mol. The lowest BCUT2D eigenvalue weighted by Crippen LogP contribution is -2.27. The average molecular weight is 317 g/mol. The van der Waals surface area contributed by atoms with E-state index in [1.807, 2.05) is 0 Å². The van der Waals surface area contributed by atoms with Gasteiger partial charge in [0.25, 0.3) is 0 Å². The Bertz CT molecular complexity index is 611. The van der Waals surface area contributed by atoms with Crippen LogP contribution in [0.4, 0.5) is 0 Å². The number of carbonyl (C=O) groups excluding carboxylic acids is 1. The van der Waals surface area contributed by atoms with E-state index in [1.54, 1.807) is 19.2 Å². The summed E-state index contributed by atoms with van der Waals surface area (Å²) in [4.78, 5) is 11.3. The molecule has 0 saturated heterocycles. The molecule has 0 heterocycles. The zero-order chi connectivity index (χ0) is 15.3. The first-order valence-electron chi connectivity index (χ1n) is 6.17. The molecule has 0 aliphatic carbocycles. The number of hydrogen-bond donors (Lipinski definition) is 1. The van der Waals surface area contributed by atoms with Crippen LogP contribution in [-0.2, 0) is 20.8 Å². The Balaban J connectivity index is 2.76. The van der Waals surface area contributed by atoms with E-state index in [2.05, 4.69) is 4.72 Å². The van der Waals surface area contributed by atoms with Crippen molar-refractivity contribution in [3.8, 4) is 0 Å². The SMILES string of the molecule is CC(=O)c1cccc(S(=O)(=O)NCCC(C)S(C)=O)c1. The standard InChI is InChI=1S/C13H19NO4S2/c1-10(19(3)16)7-8-14-20(17,18)13-6-4-5-12(9-13)11(2)15/h4-6,9-10,14H,7-8H2,1-3H3. The predicted octanol–water partition coefficient (Wildman–Crippen LogP) is 1.32. The Kier molecular flexibility index (Phi) is 6.04. The van der Waals surface area contributed by atoms with Gasteiger partial charge in [0.1, 0.15) is 0 Å². The van der Waals surface area contributed by atoms with Crippen LogP contribution in [0.2, 0.25) is 0 Å². The van der Waals surface area contributed by atoms with Gasteiger partial charge in [0.2, 0.25) is 10.0 Å². The van der Waals surface area contributed by atoms with Crippen LogP contribution < -0.4 is 4.72 Å². The van der Waals surface area contributed by atoms with E-state index in [0.717, 1.165) is 0 Å². The minimum Gasteiger partial charge on any atom is -0.295 e. The highest BCUT2D eigenvalue weighted by Crippen LogP contribution is 2.12. The summed E-state index contributed by atoms with van der Waals surface area (Å²) in [5.41, 5.74) is 0.357. The van der Waals surface area contributed by atoms with E-state index in [0.29, 0.717) is 12.0 Å². The summed E-state index contributed by atoms with van der Waals surface area (Å²) >= 11 is 0. The zero-order valence-electron chi connectivity index (χ0n) is 11.8. The molecule has 5 nitrogen and oxygen atoms in total. The van der Waals surface area contributed by atoms with Crippen molar-refractivity contribution in [2.24, 2.45) is 0 Å². The van der Waals surface area contributed by atoms with Crippen molar-refractivity contribution in [1.82, 2.24) is 4.72 Å². The fraction of sp³-hybridized carbons (Fsp3) is 0.462. The Morgan fingerprint density at radius 2 is 2.05 bits per heavy atom. The van der Waals surface area contributed by atoms with E-state index < -0.39 is 20.8 Å². The summed E-state index contributed by atoms with van der Waals surface area (Å²) in [6.45, 7) is 3.41. The molecule has 0 amide bonds. The van der Waals surface area contributed by atoms with Crippen LogP contribution in [0.5, 0.6) is 0 Å². The lowest BCUT2D eigenvalue weighted by Gasteiger charge is -2.10. The molecule has 1 rings (SSSR count). The topological polar surface area (TPSA) is 80.3 Å². The molecule has 1 N–H and O–H groups in total. The molecule has 0 spiro atoms. The first-order chi connectivity index (χ1) is 9.24. The normalized spacial score (nSPS) is 14.8. The molecule has 0 radical (unpaired) electrons. The van der Waals surface area contributed by atoms with Crippen LogP contribution in [0.1, 0.15) is 30.6 Å². The second kappa shape index (κ2) is 7.10. The molecule has 2 atom stereocenters. The lowest BCUT2D eigenvalue weighted by molar-refractivity contribution is 0.101. The molecule has 0 aliphatic rings. The van der Waals surface area contributed by atoms with Crippen molar-refractivity contribution < 1.29 is 17.4 Å². The Morgan fingerprint density at radius 1 is 1.40 bits per heavy atom. The van der Waals surface area contributed by atoms with Crippen molar-refractivity contribution in [2.45, 2.75) is 30.4 Å². The van der Waals surface area contributed by atoms with Gasteiger partial charge in [0.15, 0.2) is 5.78 Å². The van der Waals surface area contributed by atoms with Crippen molar-refractivity contribution in [3.63, 3.8) is 0 Å². The molecule has 0 aliphatic heterocycles. The Morgan fingerprint density at radius 3 is 2.60 bits per heavy atom. The van der Waals surface area contributed by atoms with Gasteiger partial charge in [-0.05, 0) is 25.5 Å². The van der Waals surface area contributed by atoms with Crippen LogP contribution in [0.15, 0.2) is 29.2 Å². The minimum atomic E-state index is -3.64. The molecule has 0 fully saturated rings. The van der Waals surface area contributed by atoms with E-state index in [-0.39, 0.29) is 22.5 Å². The van der Waals surface area contributed by atoms with Crippen LogP contribution >= 0.6 is 0 Å². The van der Waals surface area contributed by atoms with Crippen LogP contribution in [0, 0.1) is 0 Å². The van der Waals surface area contributed by atoms with Crippen LogP contribution in [-0.4, -0.2) is 36.5 Å². The number of hydrogen-bond acceptors (Lipinski definition) is 4. The van der Waals surface area contributed by atoms with Gasteiger partial charge in [-0.25, -0.2) is 13.1 Å². The number of ketones is 1. The van der Waals surface area contributed by atoms with Crippen LogP contribution in [0.25, 0.3) is 0 Å². The average Bonchev–Trinajstić information content (AvgIpc) is 2.38. The molecule has 0 saturated carbocycles. The fourth-order valence-electron chi connectivity index (χ4n) is 1.53. The maximum Gasteiger partial charge on any atom is 0.240 e. The van der Waals surface area contributed by atoms with Crippen molar-refractivity contribution >= 4 is 26.6 Å². The van der Waals surface area contributed by atoms with E-state index in [1.165, 1.54) is 25.1 Å². The second-order valence-electron chi connectivity index (χ2n) is 4.58. The van der Waals surface area contributed by atoms with Gasteiger partial charge < -0.3 is 0 Å². The third-order valence-corrected chi connectivity index (χ3v) is 5.79. The van der Waals surface area contributed by atoms with Gasteiger partial charge in [0, 0.05) is 34.4 Å². The maximum atomic E-state index is 12.1. The van der Waals surface area contributed by atoms with Crippen molar-refractivity contribution in [3.05, 3.63) is 29.8 Å². The Labute approximate surface area is 122 Å². The van der Waals surface area contributed by atoms with E-state index >= 15 is 0 Å². The molecule has 112 valence electrons. The first kappa shape index (κ1) is 17.0. The monoisotopic (exact) mass is 317 g/mol. The molecule has 0 bridgehead atoms. The smallest absolute Gasteiger partial charge is 0.240 e. The molecule has 1 aromatic carbocycles. The largest absolute Gasteiger partial charge is 0.295 e. The lowest BCUT2D eigenvalue weighted by atomic mass is 10.2. The number of nitrogens with one attached hydrogen (secondary N) is 1. The summed E-state index contributed by atoms with van der Waals surface area (Å²) in [5, 5.41) is -0.0683. The Hall–Kier alpha value is -1.05. The number of sulfonamides is 1. The molecule has 1 aromatic rings. The van der Waals surface area contributed by atoms with Crippen molar-refractivity contribution in [2.75, 3.05) is 12.8 Å². The fourth-order valence-corrected chi connectivity index (χ4v) is 3.07. The van der Waals surface area contributed by atoms with Gasteiger partial charge in [-0.3, -0.25) is 9.00 Å². The number of benzene rings is 1. The van der Waals surface area contributed by atoms with Gasteiger partial charge in [0.05, 0.1) is 4.90 Å². The maximum absolute atomic E-state index is 12.1. The van der Waals surface area contributed by atoms with Crippen LogP contribution in [0.3, 0.4) is 0 Å². The summed E-state index contributed by atoms with van der Waals surface area (Å²) in [6, 6.07) is 5.90. The summed E-state index contributed by atoms with van der Waals surface area (Å²) in [7, 11) is -4.61. The van der Waals surface area contributed by atoms with E-state index in [9.17, 15) is 17.4 Å². The third-order valence-electron chi connectivity index (χ3n) is 2.96. The van der Waals surface area contributed by atoms with Gasteiger partial charge in [-0.1, -0.05) is 19.1 Å². The van der Waals surface area contributed by atoms with Gasteiger partial charge in [-0.15, -0.1) is 0 Å². The quantitative estimate of drug-likeness (QED) is 0.769. The highest BCUT2D eigenvalue weighted by atomic mass is 32.2. The minimum absolute atomic E-state index is 0.0653. The highest BCUT2D eigenvalue weighted by molar-refractivity contribution is 7.89. The third kappa shape index (κ3) is 4.81. The number of rotatable bonds is 7. The molecular formula is C13H19NO4S2. The van der Waals surface area contributed by atoms with E-state index in [4.69, 9.17) is 0 Å². The molecule has 20 heavy (non-hydrogen) atoms. The summed E-state index contributed by atoms with van der Waals surface area (Å²) < 4.78 is 37.8. The molecule has 7 heteroatoms. The number of carbonyl (C=O) groups is 1. The molecule has 2 unspecified atom stereocenters. The first-order valence-corrected chi connectivity index (χ1v) is 9.27. The second-order valence-corrected chi connectivity index (χ2v) is 8.15.